The van der Waals surface area contributed by atoms with Crippen molar-refractivity contribution in [2.24, 2.45) is 0 Å². The standard InChI is InChI=1S/C15H14ClNO3/c1-15(2,3)17-12-7-10-13(20-12)9-6-8(16)4-5-11(9)19-14(10)18/h4-7,17H,1-3H3. The third-order valence-electron chi connectivity index (χ3n) is 2.84. The van der Waals surface area contributed by atoms with E-state index in [0.29, 0.717) is 32.8 Å². The first-order chi connectivity index (χ1) is 9.33. The van der Waals surface area contributed by atoms with Gasteiger partial charge in [-0.15, -0.1) is 0 Å². The quantitative estimate of drug-likeness (QED) is 0.675. The SMILES string of the molecule is CC(C)(C)Nc1cc2c(=O)oc3ccc(Cl)cc3c2o1. The Balaban J connectivity index is 2.31. The van der Waals surface area contributed by atoms with Crippen molar-refractivity contribution in [1.82, 2.24) is 0 Å². The topological polar surface area (TPSA) is 55.4 Å². The van der Waals surface area contributed by atoms with Gasteiger partial charge in [0.1, 0.15) is 11.0 Å². The van der Waals surface area contributed by atoms with E-state index in [9.17, 15) is 4.79 Å². The Morgan fingerprint density at radius 2 is 1.85 bits per heavy atom. The molecule has 0 aliphatic rings. The molecule has 4 nitrogen and oxygen atoms in total. The van der Waals surface area contributed by atoms with Crippen LogP contribution in [0.3, 0.4) is 0 Å². The molecule has 0 atom stereocenters. The molecule has 0 fully saturated rings. The molecule has 1 N–H and O–H groups in total. The van der Waals surface area contributed by atoms with E-state index in [1.807, 2.05) is 20.8 Å². The smallest absolute Gasteiger partial charge is 0.347 e. The predicted octanol–water partition coefficient (Wildman–Crippen LogP) is 4.40. The average Bonchev–Trinajstić information content (AvgIpc) is 2.72. The molecule has 0 spiro atoms. The zero-order chi connectivity index (χ0) is 14.5. The van der Waals surface area contributed by atoms with Crippen LogP contribution in [-0.4, -0.2) is 5.54 Å². The van der Waals surface area contributed by atoms with Gasteiger partial charge in [-0.2, -0.15) is 0 Å². The summed E-state index contributed by atoms with van der Waals surface area (Å²) in [6.07, 6.45) is 0. The van der Waals surface area contributed by atoms with Crippen molar-refractivity contribution in [2.75, 3.05) is 5.32 Å². The van der Waals surface area contributed by atoms with E-state index in [2.05, 4.69) is 5.32 Å². The molecule has 0 aliphatic carbocycles. The molecule has 0 unspecified atom stereocenters. The van der Waals surface area contributed by atoms with E-state index in [1.54, 1.807) is 24.3 Å². The van der Waals surface area contributed by atoms with Gasteiger partial charge in [-0.3, -0.25) is 0 Å². The van der Waals surface area contributed by atoms with Crippen LogP contribution in [0.2, 0.25) is 5.02 Å². The van der Waals surface area contributed by atoms with Crippen LogP contribution < -0.4 is 10.9 Å². The summed E-state index contributed by atoms with van der Waals surface area (Å²) in [6, 6.07) is 6.73. The number of hydrogen-bond donors (Lipinski definition) is 1. The number of halogens is 1. The Bertz CT molecular complexity index is 855. The minimum atomic E-state index is -0.416. The fraction of sp³-hybridized carbons (Fsp3) is 0.267. The van der Waals surface area contributed by atoms with Crippen LogP contribution in [0.5, 0.6) is 0 Å². The Kier molecular flexibility index (Phi) is 2.80. The number of fused-ring (bicyclic) bond motifs is 3. The summed E-state index contributed by atoms with van der Waals surface area (Å²) in [4.78, 5) is 12.0. The molecule has 0 amide bonds. The first kappa shape index (κ1) is 13.1. The Hall–Kier alpha value is -1.94. The van der Waals surface area contributed by atoms with Gasteiger partial charge in [0.15, 0.2) is 11.5 Å². The molecule has 0 saturated heterocycles. The third-order valence-corrected chi connectivity index (χ3v) is 3.07. The fourth-order valence-corrected chi connectivity index (χ4v) is 2.27. The fourth-order valence-electron chi connectivity index (χ4n) is 2.10. The van der Waals surface area contributed by atoms with Crippen molar-refractivity contribution < 1.29 is 8.83 Å². The molecular formula is C15H14ClNO3. The van der Waals surface area contributed by atoms with Crippen LogP contribution in [0, 0.1) is 0 Å². The van der Waals surface area contributed by atoms with Crippen molar-refractivity contribution >= 4 is 39.4 Å². The van der Waals surface area contributed by atoms with Crippen LogP contribution in [0.4, 0.5) is 5.88 Å². The maximum atomic E-state index is 12.0. The van der Waals surface area contributed by atoms with Gasteiger partial charge in [-0.1, -0.05) is 11.6 Å². The molecule has 20 heavy (non-hydrogen) atoms. The zero-order valence-electron chi connectivity index (χ0n) is 11.4. The Morgan fingerprint density at radius 3 is 2.55 bits per heavy atom. The van der Waals surface area contributed by atoms with Gasteiger partial charge in [0.25, 0.3) is 0 Å². The predicted molar refractivity (Wildman–Crippen MR) is 80.6 cm³/mol. The number of hydrogen-bond acceptors (Lipinski definition) is 4. The van der Waals surface area contributed by atoms with Gasteiger partial charge in [-0.25, -0.2) is 4.79 Å². The number of nitrogens with one attached hydrogen (secondary N) is 1. The highest BCUT2D eigenvalue weighted by atomic mass is 35.5. The lowest BCUT2D eigenvalue weighted by atomic mass is 10.1. The van der Waals surface area contributed by atoms with Crippen molar-refractivity contribution in [3.63, 3.8) is 0 Å². The molecule has 2 heterocycles. The molecule has 1 aromatic carbocycles. The summed E-state index contributed by atoms with van der Waals surface area (Å²) in [5, 5.41) is 4.86. The number of rotatable bonds is 1. The Labute approximate surface area is 120 Å². The normalized spacial score (nSPS) is 12.2. The molecule has 2 aromatic heterocycles. The molecule has 0 radical (unpaired) electrons. The molecule has 3 aromatic rings. The minimum Gasteiger partial charge on any atom is -0.440 e. The third kappa shape index (κ3) is 2.27. The van der Waals surface area contributed by atoms with E-state index >= 15 is 0 Å². The number of benzene rings is 1. The van der Waals surface area contributed by atoms with Crippen LogP contribution in [0.25, 0.3) is 21.9 Å². The molecular weight excluding hydrogens is 278 g/mol. The highest BCUT2D eigenvalue weighted by molar-refractivity contribution is 6.31. The van der Waals surface area contributed by atoms with E-state index in [1.165, 1.54) is 0 Å². The first-order valence-corrected chi connectivity index (χ1v) is 6.65. The average molecular weight is 292 g/mol. The molecule has 3 rings (SSSR count). The highest BCUT2D eigenvalue weighted by Gasteiger charge is 2.17. The first-order valence-electron chi connectivity index (χ1n) is 6.27. The van der Waals surface area contributed by atoms with Crippen molar-refractivity contribution in [3.05, 3.63) is 39.7 Å². The van der Waals surface area contributed by atoms with Gasteiger partial charge >= 0.3 is 5.63 Å². The summed E-state index contributed by atoms with van der Waals surface area (Å²) in [5.41, 5.74) is 0.371. The van der Waals surface area contributed by atoms with Crippen molar-refractivity contribution in [3.8, 4) is 0 Å². The summed E-state index contributed by atoms with van der Waals surface area (Å²) < 4.78 is 11.0. The maximum Gasteiger partial charge on any atom is 0.347 e. The zero-order valence-corrected chi connectivity index (χ0v) is 12.2. The number of anilines is 1. The highest BCUT2D eigenvalue weighted by Crippen LogP contribution is 2.30. The van der Waals surface area contributed by atoms with Gasteiger partial charge in [0, 0.05) is 16.6 Å². The van der Waals surface area contributed by atoms with E-state index in [4.69, 9.17) is 20.4 Å². The van der Waals surface area contributed by atoms with Gasteiger partial charge < -0.3 is 14.2 Å². The van der Waals surface area contributed by atoms with E-state index in [0.717, 1.165) is 0 Å². The summed E-state index contributed by atoms with van der Waals surface area (Å²) >= 11 is 6.00. The summed E-state index contributed by atoms with van der Waals surface area (Å²) in [6.45, 7) is 6.03. The second kappa shape index (κ2) is 4.28. The molecule has 104 valence electrons. The van der Waals surface area contributed by atoms with Gasteiger partial charge in [0.2, 0.25) is 0 Å². The summed E-state index contributed by atoms with van der Waals surface area (Å²) in [7, 11) is 0. The van der Waals surface area contributed by atoms with E-state index in [-0.39, 0.29) is 5.54 Å². The minimum absolute atomic E-state index is 0.165. The van der Waals surface area contributed by atoms with Crippen molar-refractivity contribution in [2.45, 2.75) is 26.3 Å². The number of furan rings is 1. The van der Waals surface area contributed by atoms with E-state index < -0.39 is 5.63 Å². The van der Waals surface area contributed by atoms with Gasteiger partial charge in [0.05, 0.1) is 5.39 Å². The molecule has 5 heteroatoms. The summed E-state index contributed by atoms with van der Waals surface area (Å²) in [5.74, 6) is 0.535. The van der Waals surface area contributed by atoms with Crippen LogP contribution in [0.15, 0.2) is 37.9 Å². The van der Waals surface area contributed by atoms with Gasteiger partial charge in [-0.05, 0) is 39.0 Å². The maximum absolute atomic E-state index is 12.0. The molecule has 0 aliphatic heterocycles. The Morgan fingerprint density at radius 1 is 1.10 bits per heavy atom. The van der Waals surface area contributed by atoms with Crippen LogP contribution >= 0.6 is 11.6 Å². The second-order valence-electron chi connectivity index (χ2n) is 5.76. The lowest BCUT2D eigenvalue weighted by Gasteiger charge is -2.19. The van der Waals surface area contributed by atoms with Crippen LogP contribution in [0.1, 0.15) is 20.8 Å². The molecule has 0 bridgehead atoms. The largest absolute Gasteiger partial charge is 0.440 e. The molecule has 0 saturated carbocycles. The second-order valence-corrected chi connectivity index (χ2v) is 6.19. The monoisotopic (exact) mass is 291 g/mol. The van der Waals surface area contributed by atoms with Crippen LogP contribution in [-0.2, 0) is 0 Å². The lowest BCUT2D eigenvalue weighted by Crippen LogP contribution is -2.25. The lowest BCUT2D eigenvalue weighted by molar-refractivity contribution is 0.557. The van der Waals surface area contributed by atoms with Crippen molar-refractivity contribution in [1.29, 1.82) is 0 Å².